The first-order chi connectivity index (χ1) is 13.0. The maximum Gasteiger partial charge on any atom is 0.238 e. The molecule has 7 heteroatoms. The fourth-order valence-corrected chi connectivity index (χ4v) is 4.70. The van der Waals surface area contributed by atoms with E-state index in [4.69, 9.17) is 9.88 Å². The van der Waals surface area contributed by atoms with Crippen LogP contribution in [0.2, 0.25) is 0 Å². The Hall–Kier alpha value is -1.15. The van der Waals surface area contributed by atoms with Gasteiger partial charge in [-0.1, -0.05) is 19.3 Å². The molecular weight excluding hydrogens is 362 g/mol. The molecule has 0 spiro atoms. The number of benzene rings is 1. The Balaban J connectivity index is 1.37. The highest BCUT2D eigenvalue weighted by Crippen LogP contribution is 2.24. The largest absolute Gasteiger partial charge is 0.492 e. The highest BCUT2D eigenvalue weighted by atomic mass is 32.2. The maximum absolute atomic E-state index is 11.3. The quantitative estimate of drug-likeness (QED) is 0.767. The highest BCUT2D eigenvalue weighted by molar-refractivity contribution is 7.89. The minimum absolute atomic E-state index is 0.112. The van der Waals surface area contributed by atoms with Gasteiger partial charge in [-0.05, 0) is 62.5 Å². The van der Waals surface area contributed by atoms with Crippen LogP contribution in [0.1, 0.15) is 38.5 Å². The van der Waals surface area contributed by atoms with Gasteiger partial charge in [-0.25, -0.2) is 13.6 Å². The summed E-state index contributed by atoms with van der Waals surface area (Å²) in [6.07, 6.45) is 8.31. The Bertz CT molecular complexity index is 672. The Morgan fingerprint density at radius 1 is 0.926 bits per heavy atom. The maximum atomic E-state index is 11.3. The summed E-state index contributed by atoms with van der Waals surface area (Å²) in [5.74, 6) is 1.59. The summed E-state index contributed by atoms with van der Waals surface area (Å²) in [7, 11) is -3.65. The van der Waals surface area contributed by atoms with E-state index in [-0.39, 0.29) is 4.90 Å². The summed E-state index contributed by atoms with van der Waals surface area (Å²) in [6.45, 7) is 7.37. The smallest absolute Gasteiger partial charge is 0.238 e. The standard InChI is InChI=1S/C20H33N3O3S/c21-27(24,25)20-9-7-19(8-10-20)26-16-15-22-11-4-12-23(14-13-22)17-18-5-2-1-3-6-18/h7-10,18H,1-6,11-17H2,(H2,21,24,25). The van der Waals surface area contributed by atoms with Crippen molar-refractivity contribution < 1.29 is 13.2 Å². The van der Waals surface area contributed by atoms with Gasteiger partial charge in [0.25, 0.3) is 0 Å². The normalized spacial score (nSPS) is 21.1. The lowest BCUT2D eigenvalue weighted by molar-refractivity contribution is 0.190. The topological polar surface area (TPSA) is 75.9 Å². The Kier molecular flexibility index (Phi) is 7.52. The Morgan fingerprint density at radius 2 is 1.59 bits per heavy atom. The molecule has 1 aliphatic heterocycles. The van der Waals surface area contributed by atoms with Crippen molar-refractivity contribution in [3.05, 3.63) is 24.3 Å². The molecule has 1 aromatic rings. The van der Waals surface area contributed by atoms with Gasteiger partial charge in [0.05, 0.1) is 4.90 Å². The SMILES string of the molecule is NS(=O)(=O)c1ccc(OCCN2CCCN(CC3CCCCC3)CC2)cc1. The van der Waals surface area contributed by atoms with Gasteiger partial charge in [-0.15, -0.1) is 0 Å². The van der Waals surface area contributed by atoms with Crippen LogP contribution in [-0.4, -0.2) is 64.1 Å². The minimum Gasteiger partial charge on any atom is -0.492 e. The molecule has 1 aromatic carbocycles. The van der Waals surface area contributed by atoms with E-state index >= 15 is 0 Å². The van der Waals surface area contributed by atoms with E-state index < -0.39 is 10.0 Å². The van der Waals surface area contributed by atoms with E-state index in [1.165, 1.54) is 63.7 Å². The second-order valence-electron chi connectivity index (χ2n) is 7.86. The molecule has 1 saturated carbocycles. The minimum atomic E-state index is -3.65. The molecule has 6 nitrogen and oxygen atoms in total. The van der Waals surface area contributed by atoms with Gasteiger partial charge in [-0.2, -0.15) is 0 Å². The van der Waals surface area contributed by atoms with Crippen LogP contribution in [0.4, 0.5) is 0 Å². The average Bonchev–Trinajstić information content (AvgIpc) is 2.88. The first kappa shape index (κ1) is 20.6. The lowest BCUT2D eigenvalue weighted by Crippen LogP contribution is -2.35. The summed E-state index contributed by atoms with van der Waals surface area (Å²) in [5.41, 5.74) is 0. The fourth-order valence-electron chi connectivity index (χ4n) is 4.18. The molecule has 0 amide bonds. The van der Waals surface area contributed by atoms with Crippen molar-refractivity contribution in [2.75, 3.05) is 45.9 Å². The monoisotopic (exact) mass is 395 g/mol. The van der Waals surface area contributed by atoms with Crippen LogP contribution in [0.5, 0.6) is 5.75 Å². The fraction of sp³-hybridized carbons (Fsp3) is 0.700. The molecule has 1 saturated heterocycles. The molecule has 2 N–H and O–H groups in total. The molecule has 1 aliphatic carbocycles. The molecule has 0 atom stereocenters. The summed E-state index contributed by atoms with van der Waals surface area (Å²) < 4.78 is 28.3. The number of primary sulfonamides is 1. The van der Waals surface area contributed by atoms with Gasteiger partial charge in [0.15, 0.2) is 0 Å². The third-order valence-corrected chi connectivity index (χ3v) is 6.68. The predicted molar refractivity (Wildman–Crippen MR) is 107 cm³/mol. The van der Waals surface area contributed by atoms with E-state index in [2.05, 4.69) is 9.80 Å². The molecule has 1 heterocycles. The van der Waals surface area contributed by atoms with Crippen LogP contribution in [0, 0.1) is 5.92 Å². The van der Waals surface area contributed by atoms with Crippen molar-refractivity contribution in [2.45, 2.75) is 43.4 Å². The number of hydrogen-bond donors (Lipinski definition) is 1. The van der Waals surface area contributed by atoms with E-state index in [9.17, 15) is 8.42 Å². The Morgan fingerprint density at radius 3 is 2.30 bits per heavy atom. The van der Waals surface area contributed by atoms with Crippen molar-refractivity contribution in [3.8, 4) is 5.75 Å². The van der Waals surface area contributed by atoms with Gasteiger partial charge >= 0.3 is 0 Å². The van der Waals surface area contributed by atoms with Crippen molar-refractivity contribution in [1.29, 1.82) is 0 Å². The molecule has 27 heavy (non-hydrogen) atoms. The third-order valence-electron chi connectivity index (χ3n) is 5.75. The van der Waals surface area contributed by atoms with Crippen molar-refractivity contribution in [1.82, 2.24) is 9.80 Å². The number of nitrogens with zero attached hydrogens (tertiary/aromatic N) is 2. The molecule has 0 radical (unpaired) electrons. The summed E-state index contributed by atoms with van der Waals surface area (Å²) in [6, 6.07) is 6.29. The van der Waals surface area contributed by atoms with Crippen LogP contribution in [0.3, 0.4) is 0 Å². The van der Waals surface area contributed by atoms with Crippen LogP contribution in [0.15, 0.2) is 29.2 Å². The zero-order valence-electron chi connectivity index (χ0n) is 16.2. The van der Waals surface area contributed by atoms with E-state index in [1.807, 2.05) is 0 Å². The van der Waals surface area contributed by atoms with Crippen LogP contribution >= 0.6 is 0 Å². The first-order valence-corrected chi connectivity index (χ1v) is 11.8. The molecule has 0 aromatic heterocycles. The number of nitrogens with two attached hydrogens (primary N) is 1. The molecule has 152 valence electrons. The molecular formula is C20H33N3O3S. The predicted octanol–water partition coefficient (Wildman–Crippen LogP) is 2.30. The molecule has 2 aliphatic rings. The number of sulfonamides is 1. The number of ether oxygens (including phenoxy) is 1. The zero-order valence-corrected chi connectivity index (χ0v) is 17.0. The van der Waals surface area contributed by atoms with E-state index in [0.29, 0.717) is 12.4 Å². The van der Waals surface area contributed by atoms with Crippen molar-refractivity contribution in [2.24, 2.45) is 11.1 Å². The van der Waals surface area contributed by atoms with Gasteiger partial charge in [0.2, 0.25) is 10.0 Å². The summed E-state index contributed by atoms with van der Waals surface area (Å²) in [4.78, 5) is 5.24. The van der Waals surface area contributed by atoms with Gasteiger partial charge in [0.1, 0.15) is 12.4 Å². The number of hydrogen-bond acceptors (Lipinski definition) is 5. The molecule has 0 bridgehead atoms. The van der Waals surface area contributed by atoms with Gasteiger partial charge < -0.3 is 9.64 Å². The zero-order chi connectivity index (χ0) is 19.1. The van der Waals surface area contributed by atoms with Gasteiger partial charge in [0, 0.05) is 26.2 Å². The van der Waals surface area contributed by atoms with E-state index in [1.54, 1.807) is 12.1 Å². The Labute approximate surface area is 163 Å². The third kappa shape index (κ3) is 6.75. The lowest BCUT2D eigenvalue weighted by atomic mass is 9.89. The summed E-state index contributed by atoms with van der Waals surface area (Å²) >= 11 is 0. The van der Waals surface area contributed by atoms with Gasteiger partial charge in [-0.3, -0.25) is 4.90 Å². The molecule has 3 rings (SSSR count). The van der Waals surface area contributed by atoms with Crippen molar-refractivity contribution >= 4 is 10.0 Å². The van der Waals surface area contributed by atoms with E-state index in [0.717, 1.165) is 32.1 Å². The van der Waals surface area contributed by atoms with Crippen LogP contribution in [-0.2, 0) is 10.0 Å². The molecule has 0 unspecified atom stereocenters. The van der Waals surface area contributed by atoms with Crippen LogP contribution < -0.4 is 9.88 Å². The average molecular weight is 396 g/mol. The van der Waals surface area contributed by atoms with Crippen molar-refractivity contribution in [3.63, 3.8) is 0 Å². The van der Waals surface area contributed by atoms with Crippen LogP contribution in [0.25, 0.3) is 0 Å². The first-order valence-electron chi connectivity index (χ1n) is 10.2. The lowest BCUT2D eigenvalue weighted by Gasteiger charge is -2.28. The number of rotatable bonds is 7. The second-order valence-corrected chi connectivity index (χ2v) is 9.43. The second kappa shape index (κ2) is 9.87. The highest BCUT2D eigenvalue weighted by Gasteiger charge is 2.20. The molecule has 2 fully saturated rings. The summed E-state index contributed by atoms with van der Waals surface area (Å²) in [5, 5.41) is 5.11.